The van der Waals surface area contributed by atoms with E-state index in [2.05, 4.69) is 5.32 Å². The predicted octanol–water partition coefficient (Wildman–Crippen LogP) is 2.62. The van der Waals surface area contributed by atoms with Crippen LogP contribution in [0.5, 0.6) is 0 Å². The number of amides is 1. The van der Waals surface area contributed by atoms with Crippen molar-refractivity contribution in [2.24, 2.45) is 0 Å². The van der Waals surface area contributed by atoms with Gasteiger partial charge in [-0.1, -0.05) is 24.3 Å². The lowest BCUT2D eigenvalue weighted by Crippen LogP contribution is -2.37. The lowest BCUT2D eigenvalue weighted by atomic mass is 10.1. The third-order valence-electron chi connectivity index (χ3n) is 3.76. The summed E-state index contributed by atoms with van der Waals surface area (Å²) in [4.78, 5) is 22.7. The van der Waals surface area contributed by atoms with Crippen molar-refractivity contribution in [2.45, 2.75) is 13.8 Å². The number of hydrogen-bond acceptors (Lipinski definition) is 5. The molecule has 8 nitrogen and oxygen atoms in total. The third-order valence-corrected chi connectivity index (χ3v) is 4.90. The number of benzene rings is 2. The van der Waals surface area contributed by atoms with Gasteiger partial charge in [-0.05, 0) is 31.0 Å². The molecule has 9 heteroatoms. The third kappa shape index (κ3) is 4.57. The van der Waals surface area contributed by atoms with Crippen molar-refractivity contribution in [3.05, 3.63) is 63.7 Å². The number of rotatable bonds is 6. The van der Waals surface area contributed by atoms with Gasteiger partial charge in [0.2, 0.25) is 15.9 Å². The zero-order chi connectivity index (χ0) is 19.5. The molecule has 0 radical (unpaired) electrons. The number of non-ortho nitro benzene ring substituents is 1. The van der Waals surface area contributed by atoms with Crippen molar-refractivity contribution in [2.75, 3.05) is 22.4 Å². The van der Waals surface area contributed by atoms with Crippen molar-refractivity contribution in [3.8, 4) is 0 Å². The molecule has 2 rings (SSSR count). The molecule has 26 heavy (non-hydrogen) atoms. The number of aryl methyl sites for hydroxylation is 2. The van der Waals surface area contributed by atoms with E-state index >= 15 is 0 Å². The molecule has 0 heterocycles. The number of carbonyl (C=O) groups is 1. The molecule has 0 atom stereocenters. The molecule has 0 spiro atoms. The Labute approximate surface area is 151 Å². The summed E-state index contributed by atoms with van der Waals surface area (Å²) in [6.45, 7) is 3.17. The normalized spacial score (nSPS) is 11.0. The summed E-state index contributed by atoms with van der Waals surface area (Å²) in [7, 11) is -3.82. The molecule has 0 aromatic heterocycles. The van der Waals surface area contributed by atoms with E-state index < -0.39 is 27.4 Å². The SMILES string of the molecule is Cc1cccc(C)c1NC(=O)CN(c1cccc([N+](=O)[O-])c1)S(C)(=O)=O. The minimum absolute atomic E-state index is 0.0540. The van der Waals surface area contributed by atoms with Crippen molar-refractivity contribution < 1.29 is 18.1 Å². The lowest BCUT2D eigenvalue weighted by Gasteiger charge is -2.22. The van der Waals surface area contributed by atoms with Crippen LogP contribution < -0.4 is 9.62 Å². The molecule has 0 aliphatic carbocycles. The number of anilines is 2. The van der Waals surface area contributed by atoms with E-state index in [0.717, 1.165) is 27.8 Å². The first kappa shape index (κ1) is 19.4. The van der Waals surface area contributed by atoms with E-state index in [-0.39, 0.29) is 11.4 Å². The van der Waals surface area contributed by atoms with Gasteiger partial charge in [-0.2, -0.15) is 0 Å². The van der Waals surface area contributed by atoms with E-state index in [4.69, 9.17) is 0 Å². The first-order valence-corrected chi connectivity index (χ1v) is 9.52. The van der Waals surface area contributed by atoms with Gasteiger partial charge in [-0.3, -0.25) is 19.2 Å². The van der Waals surface area contributed by atoms with Gasteiger partial charge in [0.1, 0.15) is 6.54 Å². The van der Waals surface area contributed by atoms with E-state index in [0.29, 0.717) is 5.69 Å². The summed E-state index contributed by atoms with van der Waals surface area (Å²) in [5.74, 6) is -0.542. The van der Waals surface area contributed by atoms with Gasteiger partial charge >= 0.3 is 0 Å². The number of nitro groups is 1. The van der Waals surface area contributed by atoms with Crippen molar-refractivity contribution >= 4 is 33.0 Å². The van der Waals surface area contributed by atoms with Crippen LogP contribution in [0.2, 0.25) is 0 Å². The molecule has 0 saturated heterocycles. The molecular weight excluding hydrogens is 358 g/mol. The summed E-state index contributed by atoms with van der Waals surface area (Å²) >= 11 is 0. The smallest absolute Gasteiger partial charge is 0.271 e. The largest absolute Gasteiger partial charge is 0.324 e. The second-order valence-electron chi connectivity index (χ2n) is 5.86. The highest BCUT2D eigenvalue weighted by molar-refractivity contribution is 7.92. The minimum Gasteiger partial charge on any atom is -0.324 e. The van der Waals surface area contributed by atoms with E-state index in [1.54, 1.807) is 0 Å². The molecule has 0 fully saturated rings. The van der Waals surface area contributed by atoms with Gasteiger partial charge in [-0.15, -0.1) is 0 Å². The molecule has 1 amide bonds. The van der Waals surface area contributed by atoms with E-state index in [1.165, 1.54) is 18.2 Å². The van der Waals surface area contributed by atoms with Crippen LogP contribution in [-0.4, -0.2) is 32.0 Å². The molecule has 0 saturated carbocycles. The number of nitrogens with zero attached hydrogens (tertiary/aromatic N) is 2. The second-order valence-corrected chi connectivity index (χ2v) is 7.77. The van der Waals surface area contributed by atoms with Gasteiger partial charge in [-0.25, -0.2) is 8.42 Å². The highest BCUT2D eigenvalue weighted by Gasteiger charge is 2.23. The average molecular weight is 377 g/mol. The summed E-state index contributed by atoms with van der Waals surface area (Å²) in [6, 6.07) is 10.7. The Morgan fingerprint density at radius 3 is 2.27 bits per heavy atom. The summed E-state index contributed by atoms with van der Waals surface area (Å²) in [5.41, 5.74) is 2.11. The van der Waals surface area contributed by atoms with Crippen LogP contribution >= 0.6 is 0 Å². The molecule has 138 valence electrons. The average Bonchev–Trinajstić information content (AvgIpc) is 2.55. The Kier molecular flexibility index (Phi) is 5.61. The Morgan fingerprint density at radius 2 is 1.73 bits per heavy atom. The maximum absolute atomic E-state index is 12.4. The fourth-order valence-electron chi connectivity index (χ4n) is 2.48. The number of nitrogens with one attached hydrogen (secondary N) is 1. The lowest BCUT2D eigenvalue weighted by molar-refractivity contribution is -0.384. The highest BCUT2D eigenvalue weighted by atomic mass is 32.2. The second kappa shape index (κ2) is 7.52. The van der Waals surface area contributed by atoms with Crippen molar-refractivity contribution in [1.82, 2.24) is 0 Å². The molecule has 0 aliphatic rings. The van der Waals surface area contributed by atoms with Gasteiger partial charge < -0.3 is 5.32 Å². The summed E-state index contributed by atoms with van der Waals surface area (Å²) in [5, 5.41) is 13.6. The summed E-state index contributed by atoms with van der Waals surface area (Å²) in [6.07, 6.45) is 0.943. The van der Waals surface area contributed by atoms with Crippen molar-refractivity contribution in [3.63, 3.8) is 0 Å². The maximum Gasteiger partial charge on any atom is 0.271 e. The number of sulfonamides is 1. The topological polar surface area (TPSA) is 110 Å². The number of carbonyl (C=O) groups excluding carboxylic acids is 1. The standard InChI is InChI=1S/C17H19N3O5S/c1-12-6-4-7-13(2)17(12)18-16(21)11-19(26(3,24)25)14-8-5-9-15(10-14)20(22)23/h4-10H,11H2,1-3H3,(H,18,21). The molecular formula is C17H19N3O5S. The fraction of sp³-hybridized carbons (Fsp3) is 0.235. The van der Waals surface area contributed by atoms with Crippen LogP contribution in [0.25, 0.3) is 0 Å². The molecule has 0 aliphatic heterocycles. The minimum atomic E-state index is -3.82. The zero-order valence-corrected chi connectivity index (χ0v) is 15.4. The van der Waals surface area contributed by atoms with Crippen LogP contribution in [0, 0.1) is 24.0 Å². The monoisotopic (exact) mass is 377 g/mol. The first-order valence-electron chi connectivity index (χ1n) is 7.68. The number of para-hydroxylation sites is 1. The zero-order valence-electron chi connectivity index (χ0n) is 14.6. The van der Waals surface area contributed by atoms with Crippen LogP contribution in [0.1, 0.15) is 11.1 Å². The predicted molar refractivity (Wildman–Crippen MR) is 99.8 cm³/mol. The van der Waals surface area contributed by atoms with Crippen molar-refractivity contribution in [1.29, 1.82) is 0 Å². The molecule has 1 N–H and O–H groups in total. The Balaban J connectivity index is 2.31. The number of nitro benzene ring substituents is 1. The van der Waals surface area contributed by atoms with Gasteiger partial charge in [0.15, 0.2) is 0 Å². The molecule has 0 unspecified atom stereocenters. The van der Waals surface area contributed by atoms with Crippen LogP contribution in [-0.2, 0) is 14.8 Å². The molecule has 0 bridgehead atoms. The fourth-order valence-corrected chi connectivity index (χ4v) is 3.33. The Hall–Kier alpha value is -2.94. The number of hydrogen-bond donors (Lipinski definition) is 1. The van der Waals surface area contributed by atoms with Crippen LogP contribution in [0.3, 0.4) is 0 Å². The van der Waals surface area contributed by atoms with E-state index in [1.807, 2.05) is 32.0 Å². The van der Waals surface area contributed by atoms with Gasteiger partial charge in [0, 0.05) is 17.8 Å². The molecule has 2 aromatic carbocycles. The van der Waals surface area contributed by atoms with Crippen LogP contribution in [0.15, 0.2) is 42.5 Å². The van der Waals surface area contributed by atoms with Gasteiger partial charge in [0.25, 0.3) is 5.69 Å². The highest BCUT2D eigenvalue weighted by Crippen LogP contribution is 2.24. The van der Waals surface area contributed by atoms with E-state index in [9.17, 15) is 23.3 Å². The maximum atomic E-state index is 12.4. The first-order chi connectivity index (χ1) is 12.1. The van der Waals surface area contributed by atoms with Crippen LogP contribution in [0.4, 0.5) is 17.1 Å². The van der Waals surface area contributed by atoms with Gasteiger partial charge in [0.05, 0.1) is 16.9 Å². The molecule has 2 aromatic rings. The Bertz CT molecular complexity index is 936. The summed E-state index contributed by atoms with van der Waals surface area (Å²) < 4.78 is 25.1. The Morgan fingerprint density at radius 1 is 1.15 bits per heavy atom. The quantitative estimate of drug-likeness (QED) is 0.615.